The highest BCUT2D eigenvalue weighted by atomic mass is 32.2. The fraction of sp³-hybridized carbons (Fsp3) is 0.900. The van der Waals surface area contributed by atoms with Gasteiger partial charge in [-0.25, -0.2) is 16.8 Å². The number of hydrogen-bond donors (Lipinski definition) is 1. The minimum Gasteiger partial charge on any atom is -0.355 e. The summed E-state index contributed by atoms with van der Waals surface area (Å²) in [5.74, 6) is 0.0592. The third kappa shape index (κ3) is 3.03. The Morgan fingerprint density at radius 3 is 1.67 bits per heavy atom. The molecule has 0 bridgehead atoms. The number of carbonyl (C=O) groups excluding carboxylic acids is 1. The van der Waals surface area contributed by atoms with Gasteiger partial charge in [0.15, 0.2) is 19.7 Å². The van der Waals surface area contributed by atoms with Gasteiger partial charge in [-0.2, -0.15) is 0 Å². The Hall–Kier alpha value is -0.630. The van der Waals surface area contributed by atoms with Gasteiger partial charge in [0.05, 0.1) is 23.0 Å². The van der Waals surface area contributed by atoms with Gasteiger partial charge in [0.2, 0.25) is 6.41 Å². The van der Waals surface area contributed by atoms with Crippen LogP contribution in [0.4, 0.5) is 0 Å². The highest BCUT2D eigenvalue weighted by Crippen LogP contribution is 2.31. The molecule has 2 fully saturated rings. The molecule has 18 heavy (non-hydrogen) atoms. The standard InChI is InChI=1S/C10H17NO5S2/c12-7-11-10(8-1-3-17(13,14)5-8)9-2-4-18(15,16)6-9/h7-10H,1-6H2,(H,11,12). The molecule has 2 atom stereocenters. The van der Waals surface area contributed by atoms with Gasteiger partial charge < -0.3 is 5.32 Å². The highest BCUT2D eigenvalue weighted by Gasteiger charge is 2.41. The number of sulfone groups is 2. The summed E-state index contributed by atoms with van der Waals surface area (Å²) in [5, 5.41) is 2.63. The molecule has 0 saturated carbocycles. The molecule has 2 aliphatic heterocycles. The molecule has 2 rings (SSSR count). The van der Waals surface area contributed by atoms with E-state index in [0.717, 1.165) is 0 Å². The van der Waals surface area contributed by atoms with Crippen molar-refractivity contribution >= 4 is 26.1 Å². The molecule has 2 heterocycles. The average Bonchev–Trinajstić information content (AvgIpc) is 2.78. The molecular formula is C10H17NO5S2. The van der Waals surface area contributed by atoms with Gasteiger partial charge in [0, 0.05) is 6.04 Å². The molecule has 2 unspecified atom stereocenters. The topological polar surface area (TPSA) is 97.4 Å². The fourth-order valence-electron chi connectivity index (χ4n) is 2.95. The number of hydrogen-bond acceptors (Lipinski definition) is 5. The second-order valence-corrected chi connectivity index (χ2v) is 9.59. The van der Waals surface area contributed by atoms with E-state index in [-0.39, 0.29) is 40.9 Å². The van der Waals surface area contributed by atoms with Crippen molar-refractivity contribution in [1.29, 1.82) is 0 Å². The first kappa shape index (κ1) is 13.8. The van der Waals surface area contributed by atoms with Crippen LogP contribution in [-0.2, 0) is 24.5 Å². The molecule has 0 radical (unpaired) electrons. The lowest BCUT2D eigenvalue weighted by atomic mass is 9.87. The lowest BCUT2D eigenvalue weighted by Crippen LogP contribution is -2.42. The first-order valence-electron chi connectivity index (χ1n) is 5.93. The van der Waals surface area contributed by atoms with Gasteiger partial charge in [-0.15, -0.1) is 0 Å². The van der Waals surface area contributed by atoms with E-state index in [2.05, 4.69) is 5.32 Å². The van der Waals surface area contributed by atoms with Crippen LogP contribution < -0.4 is 5.32 Å². The van der Waals surface area contributed by atoms with Crippen LogP contribution in [0.1, 0.15) is 12.8 Å². The summed E-state index contributed by atoms with van der Waals surface area (Å²) in [6.07, 6.45) is 1.55. The Labute approximate surface area is 107 Å². The van der Waals surface area contributed by atoms with E-state index in [0.29, 0.717) is 19.3 Å². The van der Waals surface area contributed by atoms with E-state index in [1.807, 2.05) is 0 Å². The molecule has 1 amide bonds. The normalized spacial score (nSPS) is 35.1. The lowest BCUT2D eigenvalue weighted by Gasteiger charge is -2.26. The second-order valence-electron chi connectivity index (χ2n) is 5.14. The first-order chi connectivity index (χ1) is 8.33. The van der Waals surface area contributed by atoms with E-state index in [9.17, 15) is 21.6 Å². The molecule has 1 N–H and O–H groups in total. The first-order valence-corrected chi connectivity index (χ1v) is 9.58. The zero-order valence-corrected chi connectivity index (χ0v) is 11.5. The van der Waals surface area contributed by atoms with E-state index < -0.39 is 19.7 Å². The highest BCUT2D eigenvalue weighted by molar-refractivity contribution is 7.91. The van der Waals surface area contributed by atoms with Crippen molar-refractivity contribution < 1.29 is 21.6 Å². The number of carbonyl (C=O) groups is 1. The van der Waals surface area contributed by atoms with Crippen LogP contribution in [0, 0.1) is 11.8 Å². The van der Waals surface area contributed by atoms with Crippen LogP contribution in [0.5, 0.6) is 0 Å². The van der Waals surface area contributed by atoms with E-state index in [4.69, 9.17) is 0 Å². The van der Waals surface area contributed by atoms with Crippen LogP contribution in [0.3, 0.4) is 0 Å². The Kier molecular flexibility index (Phi) is 3.68. The Morgan fingerprint density at radius 1 is 0.944 bits per heavy atom. The molecule has 0 spiro atoms. The largest absolute Gasteiger partial charge is 0.355 e. The molecule has 2 aliphatic rings. The summed E-state index contributed by atoms with van der Waals surface area (Å²) >= 11 is 0. The second kappa shape index (κ2) is 4.80. The zero-order valence-electron chi connectivity index (χ0n) is 9.91. The molecule has 0 aromatic heterocycles. The number of rotatable bonds is 4. The molecule has 8 heteroatoms. The van der Waals surface area contributed by atoms with Gasteiger partial charge in [0.1, 0.15) is 0 Å². The third-order valence-electron chi connectivity index (χ3n) is 3.81. The van der Waals surface area contributed by atoms with Gasteiger partial charge >= 0.3 is 0 Å². The van der Waals surface area contributed by atoms with Gasteiger partial charge in [0.25, 0.3) is 0 Å². The Bertz CT molecular complexity index is 480. The summed E-state index contributed by atoms with van der Waals surface area (Å²) in [7, 11) is -6.04. The van der Waals surface area contributed by atoms with Crippen LogP contribution in [0.25, 0.3) is 0 Å². The van der Waals surface area contributed by atoms with Gasteiger partial charge in [-0.05, 0) is 24.7 Å². The predicted octanol–water partition coefficient (Wildman–Crippen LogP) is -1.03. The lowest BCUT2D eigenvalue weighted by molar-refractivity contribution is -0.110. The van der Waals surface area contributed by atoms with Crippen molar-refractivity contribution in [3.8, 4) is 0 Å². The maximum atomic E-state index is 11.5. The smallest absolute Gasteiger partial charge is 0.207 e. The van der Waals surface area contributed by atoms with Crippen LogP contribution in [-0.4, -0.2) is 52.3 Å². The van der Waals surface area contributed by atoms with E-state index in [1.165, 1.54) is 0 Å². The van der Waals surface area contributed by atoms with Crippen molar-refractivity contribution in [2.45, 2.75) is 18.9 Å². The Balaban J connectivity index is 2.12. The van der Waals surface area contributed by atoms with Crippen LogP contribution in [0.2, 0.25) is 0 Å². The SMILES string of the molecule is O=CNC(C1CCS(=O)(=O)C1)C1CCS(=O)(=O)C1. The summed E-state index contributed by atoms with van der Waals surface area (Å²) in [4.78, 5) is 10.6. The molecule has 0 aromatic carbocycles. The molecule has 0 aromatic rings. The average molecular weight is 295 g/mol. The molecule has 0 aliphatic carbocycles. The van der Waals surface area contributed by atoms with Crippen molar-refractivity contribution in [2.75, 3.05) is 23.0 Å². The van der Waals surface area contributed by atoms with E-state index >= 15 is 0 Å². The summed E-state index contributed by atoms with van der Waals surface area (Å²) in [6.45, 7) is 0. The monoisotopic (exact) mass is 295 g/mol. The quantitative estimate of drug-likeness (QED) is 0.669. The third-order valence-corrected chi connectivity index (χ3v) is 7.40. The van der Waals surface area contributed by atoms with Crippen molar-refractivity contribution in [3.05, 3.63) is 0 Å². The van der Waals surface area contributed by atoms with Crippen molar-refractivity contribution in [3.63, 3.8) is 0 Å². The van der Waals surface area contributed by atoms with Crippen molar-refractivity contribution in [1.82, 2.24) is 5.32 Å². The van der Waals surface area contributed by atoms with Crippen LogP contribution >= 0.6 is 0 Å². The fourth-order valence-corrected chi connectivity index (χ4v) is 6.66. The zero-order chi connectivity index (χ0) is 13.4. The summed E-state index contributed by atoms with van der Waals surface area (Å²) in [6, 6.07) is -0.336. The summed E-state index contributed by atoms with van der Waals surface area (Å²) < 4.78 is 45.8. The van der Waals surface area contributed by atoms with Crippen molar-refractivity contribution in [2.24, 2.45) is 11.8 Å². The number of nitrogens with one attached hydrogen (secondary N) is 1. The van der Waals surface area contributed by atoms with Gasteiger partial charge in [-0.1, -0.05) is 0 Å². The van der Waals surface area contributed by atoms with Crippen LogP contribution in [0.15, 0.2) is 0 Å². The summed E-state index contributed by atoms with van der Waals surface area (Å²) in [5.41, 5.74) is 0. The molecule has 104 valence electrons. The van der Waals surface area contributed by atoms with E-state index in [1.54, 1.807) is 0 Å². The maximum absolute atomic E-state index is 11.5. The molecular weight excluding hydrogens is 278 g/mol. The number of amides is 1. The minimum absolute atomic E-state index is 0.0506. The molecule has 6 nitrogen and oxygen atoms in total. The van der Waals surface area contributed by atoms with Gasteiger partial charge in [-0.3, -0.25) is 4.79 Å². The predicted molar refractivity (Wildman–Crippen MR) is 66.5 cm³/mol. The molecule has 2 saturated heterocycles. The minimum atomic E-state index is -3.02. The Morgan fingerprint density at radius 2 is 1.39 bits per heavy atom. The maximum Gasteiger partial charge on any atom is 0.207 e.